The largest absolute Gasteiger partial charge is 0.473 e. The maximum absolute atomic E-state index is 4.58. The van der Waals surface area contributed by atoms with Crippen molar-refractivity contribution < 1.29 is 4.42 Å². The van der Waals surface area contributed by atoms with E-state index in [1.54, 1.807) is 30.1 Å². The summed E-state index contributed by atoms with van der Waals surface area (Å²) in [7, 11) is 0. The van der Waals surface area contributed by atoms with Crippen molar-refractivity contribution in [3.8, 4) is 11.1 Å². The van der Waals surface area contributed by atoms with E-state index in [0.717, 1.165) is 12.1 Å². The van der Waals surface area contributed by atoms with Gasteiger partial charge >= 0.3 is 0 Å². The first-order valence-corrected chi connectivity index (χ1v) is 34.1. The fraction of sp³-hybridized carbons (Fsp3) is 0.247. The van der Waals surface area contributed by atoms with Gasteiger partial charge < -0.3 is 4.42 Å². The van der Waals surface area contributed by atoms with Gasteiger partial charge in [0.05, 0.1) is 12.5 Å². The second-order valence-electron chi connectivity index (χ2n) is 24.1. The monoisotopic (exact) mass is 1230 g/mol. The van der Waals surface area contributed by atoms with E-state index in [0.29, 0.717) is 11.8 Å². The van der Waals surface area contributed by atoms with Gasteiger partial charge in [-0.15, -0.1) is 0 Å². The van der Waals surface area contributed by atoms with Gasteiger partial charge in [-0.3, -0.25) is 4.98 Å². The van der Waals surface area contributed by atoms with E-state index in [-0.39, 0.29) is 10.8 Å². The molecule has 10 aromatic carbocycles. The van der Waals surface area contributed by atoms with Crippen LogP contribution in [0.4, 0.5) is 0 Å². The second kappa shape index (κ2) is 38.7. The topological polar surface area (TPSA) is 26.0 Å². The Morgan fingerprint density at radius 2 is 0.783 bits per heavy atom. The Kier molecular flexibility index (Phi) is 31.1. The maximum Gasteiger partial charge on any atom is 0.0902 e. The zero-order valence-corrected chi connectivity index (χ0v) is 59.2. The summed E-state index contributed by atoms with van der Waals surface area (Å²) in [6, 6.07) is 91.5. The van der Waals surface area contributed by atoms with Gasteiger partial charge in [0.1, 0.15) is 0 Å². The number of hydrogen-bond donors (Lipinski definition) is 0. The Bertz CT molecular complexity index is 3910. The summed E-state index contributed by atoms with van der Waals surface area (Å²) in [6.45, 7) is 36.7. The van der Waals surface area contributed by atoms with Crippen LogP contribution in [0.25, 0.3) is 43.4 Å². The van der Waals surface area contributed by atoms with Gasteiger partial charge in [-0.2, -0.15) is 11.3 Å². The smallest absolute Gasteiger partial charge is 0.0902 e. The molecule has 0 unspecified atom stereocenters. The Labute approximate surface area is 559 Å². The Balaban J connectivity index is 0.000000198. The van der Waals surface area contributed by atoms with Crippen LogP contribution in [0.15, 0.2) is 295 Å². The number of aryl methyl sites for hydroxylation is 3. The maximum atomic E-state index is 4.58. The minimum atomic E-state index is 0.211. The quantitative estimate of drug-likeness (QED) is 0.141. The molecule has 0 aliphatic heterocycles. The molecule has 0 spiro atoms. The SMILES string of the molecule is CC.CC.CC.CC1c2cc(C(C)(C)C)ccc2Cc2ccc(C(C)(C)C)cc21.CC1c2ccccc2-c2ccccc21.Cc1cc2ccccc2c2ccccc12.Cc1cccc2ccccc12.Cc1ccccn1.c1ccccc1.c1ccoc1.c1ccsc1. The molecule has 2 aliphatic rings. The summed E-state index contributed by atoms with van der Waals surface area (Å²) in [5, 5.41) is 12.2. The number of rotatable bonds is 0. The zero-order valence-electron chi connectivity index (χ0n) is 58.3. The lowest BCUT2D eigenvalue weighted by molar-refractivity contribution is 0.567. The molecule has 0 bridgehead atoms. The van der Waals surface area contributed by atoms with Crippen molar-refractivity contribution in [2.75, 3.05) is 0 Å². The van der Waals surface area contributed by atoms with Crippen molar-refractivity contribution in [1.29, 1.82) is 0 Å². The lowest BCUT2D eigenvalue weighted by Crippen LogP contribution is -2.18. The molecule has 13 aromatic rings. The molecule has 0 radical (unpaired) electrons. The van der Waals surface area contributed by atoms with Crippen LogP contribution in [0.1, 0.15) is 170 Å². The highest BCUT2D eigenvalue weighted by Crippen LogP contribution is 2.44. The molecule has 3 heteroatoms. The van der Waals surface area contributed by atoms with Crippen LogP contribution < -0.4 is 0 Å². The molecular formula is C89H103NOS. The number of benzene rings is 10. The molecule has 2 nitrogen and oxygen atoms in total. The normalized spacial score (nSPS) is 11.2. The molecule has 92 heavy (non-hydrogen) atoms. The summed E-state index contributed by atoms with van der Waals surface area (Å²) in [5.74, 6) is 1.04. The predicted molar refractivity (Wildman–Crippen MR) is 407 cm³/mol. The Morgan fingerprint density at radius 3 is 1.21 bits per heavy atom. The lowest BCUT2D eigenvalue weighted by atomic mass is 9.74. The standard InChI is InChI=1S/C23H30.C15H12.C14H12.C11H10.C6H7N.C6H6.C4H4O.C4H4S.3C2H6/c1-15-20-13-18(22(2,3)4)10-8-16(20)12-17-9-11-19(14-21(15)17)23(5,6)7;1-11-10-12-6-2-3-8-14(12)15-9-5-4-7-13(11)15;1-10-11-6-2-4-8-13(11)14-9-5-3-7-12(10)14;1-9-5-4-7-10-6-2-3-8-11(9)10;1-6-4-2-3-5-7-6;1-2-4-6-5-3-1;2*1-2-4-5-3-1;3*1-2/h8-11,13-15H,12H2,1-7H3;2-10H,1H3;2-10H,1H3;2-8H,1H3;2-5H,1H3;1-6H;2*1-4H;3*1-2H3. The van der Waals surface area contributed by atoms with Crippen molar-refractivity contribution >= 4 is 43.7 Å². The first-order valence-electron chi connectivity index (χ1n) is 33.2. The first-order chi connectivity index (χ1) is 44.6. The molecule has 0 amide bonds. The fourth-order valence-corrected chi connectivity index (χ4v) is 11.4. The second-order valence-corrected chi connectivity index (χ2v) is 24.9. The van der Waals surface area contributed by atoms with Crippen LogP contribution in [-0.4, -0.2) is 4.98 Å². The van der Waals surface area contributed by atoms with E-state index >= 15 is 0 Å². The van der Waals surface area contributed by atoms with Crippen molar-refractivity contribution in [1.82, 2.24) is 4.98 Å². The molecule has 0 fully saturated rings. The Hall–Kier alpha value is -8.89. The highest BCUT2D eigenvalue weighted by Gasteiger charge is 2.27. The summed E-state index contributed by atoms with van der Waals surface area (Å²) in [5.41, 5.74) is 18.9. The number of nitrogens with zero attached hydrogens (tertiary/aromatic N) is 1. The lowest BCUT2D eigenvalue weighted by Gasteiger charge is -2.30. The molecule has 2 aliphatic carbocycles. The first kappa shape index (κ1) is 73.8. The van der Waals surface area contributed by atoms with Crippen molar-refractivity contribution in [3.63, 3.8) is 0 Å². The van der Waals surface area contributed by atoms with E-state index in [2.05, 4.69) is 261 Å². The molecule has 0 saturated carbocycles. The van der Waals surface area contributed by atoms with Gasteiger partial charge in [-0.1, -0.05) is 334 Å². The van der Waals surface area contributed by atoms with Crippen LogP contribution in [0, 0.1) is 20.8 Å². The van der Waals surface area contributed by atoms with E-state index < -0.39 is 0 Å². The van der Waals surface area contributed by atoms with Crippen molar-refractivity contribution in [2.45, 2.75) is 147 Å². The number of hydrogen-bond acceptors (Lipinski definition) is 3. The fourth-order valence-electron chi connectivity index (χ4n) is 10.9. The average Bonchev–Trinajstić information content (AvgIpc) is 1.57. The van der Waals surface area contributed by atoms with Gasteiger partial charge in [0, 0.05) is 23.7 Å². The van der Waals surface area contributed by atoms with Crippen LogP contribution in [0.5, 0.6) is 0 Å². The van der Waals surface area contributed by atoms with Crippen LogP contribution >= 0.6 is 11.3 Å². The number of thiophene rings is 1. The molecule has 0 saturated heterocycles. The van der Waals surface area contributed by atoms with Gasteiger partial charge in [0.2, 0.25) is 0 Å². The average molecular weight is 1230 g/mol. The third kappa shape index (κ3) is 21.9. The van der Waals surface area contributed by atoms with E-state index in [1.165, 1.54) is 99.1 Å². The van der Waals surface area contributed by atoms with Crippen LogP contribution in [-0.2, 0) is 17.3 Å². The molecule has 0 atom stereocenters. The van der Waals surface area contributed by atoms with Gasteiger partial charge in [-0.25, -0.2) is 0 Å². The molecular weight excluding hydrogens is 1130 g/mol. The molecule has 0 N–H and O–H groups in total. The minimum absolute atomic E-state index is 0.211. The third-order valence-electron chi connectivity index (χ3n) is 15.8. The van der Waals surface area contributed by atoms with Crippen LogP contribution in [0.3, 0.4) is 0 Å². The van der Waals surface area contributed by atoms with Crippen molar-refractivity contribution in [3.05, 3.63) is 352 Å². The van der Waals surface area contributed by atoms with E-state index in [9.17, 15) is 0 Å². The highest BCUT2D eigenvalue weighted by atomic mass is 32.1. The number of fused-ring (bicyclic) bond motifs is 9. The molecule has 3 aromatic heterocycles. The summed E-state index contributed by atoms with van der Waals surface area (Å²) in [4.78, 5) is 3.98. The van der Waals surface area contributed by atoms with Crippen LogP contribution in [0.2, 0.25) is 0 Å². The number of aromatic nitrogens is 1. The molecule has 476 valence electrons. The molecule has 3 heterocycles. The number of furan rings is 1. The summed E-state index contributed by atoms with van der Waals surface area (Å²) in [6.07, 6.45) is 6.11. The molecule has 15 rings (SSSR count). The van der Waals surface area contributed by atoms with Gasteiger partial charge in [0.15, 0.2) is 0 Å². The zero-order chi connectivity index (χ0) is 66.9. The highest BCUT2D eigenvalue weighted by molar-refractivity contribution is 7.07. The minimum Gasteiger partial charge on any atom is -0.473 e. The summed E-state index contributed by atoms with van der Waals surface area (Å²) < 4.78 is 4.58. The van der Waals surface area contributed by atoms with Crippen molar-refractivity contribution in [2.24, 2.45) is 0 Å². The van der Waals surface area contributed by atoms with Gasteiger partial charge in [-0.05, 0) is 172 Å². The summed E-state index contributed by atoms with van der Waals surface area (Å²) >= 11 is 1.71. The predicted octanol–water partition coefficient (Wildman–Crippen LogP) is 26.8. The van der Waals surface area contributed by atoms with Gasteiger partial charge in [0.25, 0.3) is 0 Å². The van der Waals surface area contributed by atoms with E-state index in [1.807, 2.05) is 138 Å². The number of pyridine rings is 1. The van der Waals surface area contributed by atoms with E-state index in [4.69, 9.17) is 0 Å². The Morgan fingerprint density at radius 1 is 0.359 bits per heavy atom. The third-order valence-corrected chi connectivity index (χ3v) is 16.4.